The first-order valence-corrected chi connectivity index (χ1v) is 6.79. The molecule has 0 bridgehead atoms. The fourth-order valence-corrected chi connectivity index (χ4v) is 3.15. The first kappa shape index (κ1) is 9.84. The topological polar surface area (TPSA) is 40.4 Å². The highest BCUT2D eigenvalue weighted by Gasteiger charge is 2.11. The first-order valence-electron chi connectivity index (χ1n) is 3.30. The maximum atomic E-state index is 5.23. The van der Waals surface area contributed by atoms with Crippen molar-refractivity contribution in [1.82, 2.24) is 8.83 Å². The van der Waals surface area contributed by atoms with Crippen molar-refractivity contribution in [3.05, 3.63) is 0 Å². The van der Waals surface area contributed by atoms with E-state index < -0.39 is 0 Å². The molecule has 0 aromatic carbocycles. The van der Waals surface area contributed by atoms with E-state index >= 15 is 0 Å². The largest absolute Gasteiger partial charge is 0.202 e. The smallest absolute Gasteiger partial charge is 0.148 e. The summed E-state index contributed by atoms with van der Waals surface area (Å²) in [4.78, 5) is 0. The fraction of sp³-hybridized carbons (Fsp3) is 0.500. The molecule has 0 aromatic heterocycles. The fourth-order valence-electron chi connectivity index (χ4n) is 0.598. The second kappa shape index (κ2) is 5.25. The van der Waals surface area contributed by atoms with E-state index in [0.717, 1.165) is 11.8 Å². The molecule has 2 rings (SSSR count). The molecule has 0 fully saturated rings. The summed E-state index contributed by atoms with van der Waals surface area (Å²) in [6.07, 6.45) is 0. The van der Waals surface area contributed by atoms with Crippen LogP contribution in [0.25, 0.3) is 0 Å². The molecule has 0 radical (unpaired) electrons. The van der Waals surface area contributed by atoms with E-state index in [4.69, 9.17) is 3.63 Å². The van der Waals surface area contributed by atoms with Crippen LogP contribution in [-0.4, -0.2) is 31.7 Å². The van der Waals surface area contributed by atoms with Gasteiger partial charge in [-0.3, -0.25) is 0 Å². The van der Waals surface area contributed by atoms with Gasteiger partial charge in [0, 0.05) is 0 Å². The maximum absolute atomic E-state index is 5.23. The minimum Gasteiger partial charge on any atom is -0.202 e. The summed E-state index contributed by atoms with van der Waals surface area (Å²) in [6.45, 7) is 0. The predicted molar refractivity (Wildman–Crippen MR) is 61.8 cm³/mol. The van der Waals surface area contributed by atoms with Crippen molar-refractivity contribution in [2.24, 2.45) is 10.2 Å². The van der Waals surface area contributed by atoms with E-state index in [1.54, 1.807) is 43.4 Å². The molecule has 2 aliphatic heterocycles. The summed E-state index contributed by atoms with van der Waals surface area (Å²) in [5.41, 5.74) is 3.59. The third kappa shape index (κ3) is 3.17. The van der Waals surface area contributed by atoms with Crippen molar-refractivity contribution < 1.29 is 3.63 Å². The highest BCUT2D eigenvalue weighted by Crippen LogP contribution is 2.29. The van der Waals surface area contributed by atoms with E-state index in [2.05, 4.69) is 10.2 Å². The summed E-state index contributed by atoms with van der Waals surface area (Å²) in [7, 11) is 0. The van der Waals surface area contributed by atoms with E-state index in [1.165, 1.54) is 24.5 Å². The standard InChI is InChI=1S/C4H6N4OS4/c1-5-7(3-10-1)12-9-13-8-4-11-2-6-8/h1-2H,3-4H2. The quantitative estimate of drug-likeness (QED) is 0.561. The molecule has 9 heteroatoms. The van der Waals surface area contributed by atoms with E-state index in [1.807, 2.05) is 0 Å². The van der Waals surface area contributed by atoms with Gasteiger partial charge in [0.15, 0.2) is 0 Å². The van der Waals surface area contributed by atoms with Crippen LogP contribution in [-0.2, 0) is 3.63 Å². The highest BCUT2D eigenvalue weighted by molar-refractivity contribution is 8.14. The van der Waals surface area contributed by atoms with Crippen LogP contribution >= 0.6 is 48.0 Å². The molecule has 2 heterocycles. The summed E-state index contributed by atoms with van der Waals surface area (Å²) in [5.74, 6) is 1.67. The predicted octanol–water partition coefficient (Wildman–Crippen LogP) is 2.03. The molecule has 0 N–H and O–H groups in total. The lowest BCUT2D eigenvalue weighted by atomic mass is 11.5. The Kier molecular flexibility index (Phi) is 3.97. The Morgan fingerprint density at radius 1 is 1.08 bits per heavy atom. The Morgan fingerprint density at radius 3 is 2.00 bits per heavy atom. The van der Waals surface area contributed by atoms with Crippen LogP contribution in [0.1, 0.15) is 0 Å². The van der Waals surface area contributed by atoms with Gasteiger partial charge in [-0.2, -0.15) is 13.8 Å². The van der Waals surface area contributed by atoms with Crippen LogP contribution in [0.4, 0.5) is 0 Å². The van der Waals surface area contributed by atoms with Crippen molar-refractivity contribution >= 4 is 59.1 Å². The van der Waals surface area contributed by atoms with Gasteiger partial charge in [-0.1, -0.05) is 23.5 Å². The summed E-state index contributed by atoms with van der Waals surface area (Å²) >= 11 is 5.73. The lowest BCUT2D eigenvalue weighted by Crippen LogP contribution is -2.04. The molecule has 0 saturated carbocycles. The average molecular weight is 254 g/mol. The van der Waals surface area contributed by atoms with E-state index in [-0.39, 0.29) is 0 Å². The molecule has 0 aromatic rings. The maximum Gasteiger partial charge on any atom is 0.148 e. The Morgan fingerprint density at radius 2 is 1.62 bits per heavy atom. The zero-order chi connectivity index (χ0) is 8.93. The highest BCUT2D eigenvalue weighted by atomic mass is 32.2. The molecule has 72 valence electrons. The lowest BCUT2D eigenvalue weighted by Gasteiger charge is -2.12. The summed E-state index contributed by atoms with van der Waals surface area (Å²) in [5, 5.41) is 8.07. The Balaban J connectivity index is 1.57. The van der Waals surface area contributed by atoms with Gasteiger partial charge in [-0.05, 0) is 0 Å². The zero-order valence-corrected chi connectivity index (χ0v) is 9.66. The monoisotopic (exact) mass is 254 g/mol. The Labute approximate surface area is 93.4 Å². The lowest BCUT2D eigenvalue weighted by molar-refractivity contribution is 0.526. The molecule has 2 aliphatic rings. The SMILES string of the molecule is C1=NN(SOSN2CSC=N2)CS1. The molecule has 0 spiro atoms. The van der Waals surface area contributed by atoms with Gasteiger partial charge in [0.1, 0.15) is 36.2 Å². The van der Waals surface area contributed by atoms with Gasteiger partial charge in [0.25, 0.3) is 0 Å². The van der Waals surface area contributed by atoms with Gasteiger partial charge in [-0.15, -0.1) is 0 Å². The average Bonchev–Trinajstić information content (AvgIpc) is 2.75. The number of hydrazone groups is 2. The first-order chi connectivity index (χ1) is 6.45. The van der Waals surface area contributed by atoms with Crippen molar-refractivity contribution in [1.29, 1.82) is 0 Å². The number of thioether (sulfide) groups is 2. The third-order valence-corrected chi connectivity index (χ3v) is 3.98. The summed E-state index contributed by atoms with van der Waals surface area (Å²) in [6, 6.07) is 0. The van der Waals surface area contributed by atoms with Crippen LogP contribution in [0.2, 0.25) is 0 Å². The molecule has 13 heavy (non-hydrogen) atoms. The summed E-state index contributed by atoms with van der Waals surface area (Å²) < 4.78 is 8.77. The molecule has 0 saturated heterocycles. The normalized spacial score (nSPS) is 20.6. The second-order valence-corrected chi connectivity index (χ2v) is 5.24. The molecule has 0 atom stereocenters. The number of nitrogens with zero attached hydrogens (tertiary/aromatic N) is 4. The number of hydrogen-bond acceptors (Lipinski definition) is 9. The Hall–Kier alpha value is 0.300. The van der Waals surface area contributed by atoms with E-state index in [0.29, 0.717) is 0 Å². The van der Waals surface area contributed by atoms with Crippen LogP contribution < -0.4 is 0 Å². The molecule has 0 amide bonds. The molecular formula is C4H6N4OS4. The van der Waals surface area contributed by atoms with Crippen molar-refractivity contribution in [2.75, 3.05) is 11.8 Å². The van der Waals surface area contributed by atoms with Gasteiger partial charge in [-0.25, -0.2) is 8.83 Å². The Bertz CT molecular complexity index is 202. The number of hydrogen-bond donors (Lipinski definition) is 0. The molecule has 0 aliphatic carbocycles. The van der Waals surface area contributed by atoms with Crippen molar-refractivity contribution in [2.45, 2.75) is 0 Å². The molecular weight excluding hydrogens is 248 g/mol. The second-order valence-electron chi connectivity index (χ2n) is 1.95. The molecule has 5 nitrogen and oxygen atoms in total. The van der Waals surface area contributed by atoms with Crippen LogP contribution in [0.15, 0.2) is 10.2 Å². The van der Waals surface area contributed by atoms with Crippen molar-refractivity contribution in [3.8, 4) is 0 Å². The molecule has 0 unspecified atom stereocenters. The van der Waals surface area contributed by atoms with Gasteiger partial charge in [0.2, 0.25) is 0 Å². The van der Waals surface area contributed by atoms with Gasteiger partial charge < -0.3 is 0 Å². The van der Waals surface area contributed by atoms with Crippen molar-refractivity contribution in [3.63, 3.8) is 0 Å². The van der Waals surface area contributed by atoms with Crippen LogP contribution in [0.3, 0.4) is 0 Å². The van der Waals surface area contributed by atoms with Gasteiger partial charge >= 0.3 is 0 Å². The van der Waals surface area contributed by atoms with Gasteiger partial charge in [0.05, 0.1) is 11.1 Å². The van der Waals surface area contributed by atoms with Crippen LogP contribution in [0.5, 0.6) is 0 Å². The van der Waals surface area contributed by atoms with Crippen LogP contribution in [0, 0.1) is 0 Å². The third-order valence-electron chi connectivity index (χ3n) is 1.10. The van der Waals surface area contributed by atoms with E-state index in [9.17, 15) is 0 Å². The number of rotatable bonds is 4. The zero-order valence-electron chi connectivity index (χ0n) is 6.40. The minimum atomic E-state index is 0.837. The minimum absolute atomic E-state index is 0.837.